The van der Waals surface area contributed by atoms with E-state index >= 15 is 0 Å². The van der Waals surface area contributed by atoms with E-state index in [1.807, 2.05) is 0 Å². The van der Waals surface area contributed by atoms with Crippen molar-refractivity contribution in [1.29, 1.82) is 0 Å². The predicted molar refractivity (Wildman–Crippen MR) is 240 cm³/mol. The van der Waals surface area contributed by atoms with Crippen molar-refractivity contribution >= 4 is 131 Å². The van der Waals surface area contributed by atoms with Crippen molar-refractivity contribution in [2.75, 3.05) is 39.8 Å². The molecule has 0 aliphatic heterocycles. The number of anilines is 7. The fraction of sp³-hybridized carbons (Fsp3) is 0.0556. The van der Waals surface area contributed by atoms with E-state index in [1.54, 1.807) is 0 Å². The summed E-state index contributed by atoms with van der Waals surface area (Å²) in [5, 5.41) is 22.8. The second-order valence-corrected chi connectivity index (χ2v) is 21.2. The number of benzene rings is 5. The van der Waals surface area contributed by atoms with Gasteiger partial charge in [-0.2, -0.15) is 20.1 Å². The molecule has 0 saturated carbocycles. The third-order valence-electron chi connectivity index (χ3n) is 8.75. The number of azo groups is 2. The van der Waals surface area contributed by atoms with E-state index in [2.05, 4.69) is 55.5 Å². The average Bonchev–Trinajstić information content (AvgIpc) is 3.24. The Labute approximate surface area is 514 Å². The number of hydrogen-bond donors (Lipinski definition) is 5. The second kappa shape index (κ2) is 27.4. The van der Waals surface area contributed by atoms with Crippen molar-refractivity contribution in [1.82, 2.24) is 15.0 Å². The van der Waals surface area contributed by atoms with Crippen LogP contribution in [0.2, 0.25) is 5.28 Å². The van der Waals surface area contributed by atoms with Gasteiger partial charge in [-0.15, -0.1) is 15.3 Å². The molecule has 7 N–H and O–H groups in total. The van der Waals surface area contributed by atoms with Crippen molar-refractivity contribution < 1.29 is 188 Å². The molecule has 0 fully saturated rings. The van der Waals surface area contributed by atoms with Crippen LogP contribution in [0.5, 0.6) is 0 Å². The van der Waals surface area contributed by atoms with Crippen LogP contribution in [0.4, 0.5) is 63.1 Å². The van der Waals surface area contributed by atoms with Crippen LogP contribution >= 0.6 is 11.6 Å². The Balaban J connectivity index is 0.00000469. The molecule has 1 heterocycles. The van der Waals surface area contributed by atoms with E-state index in [-0.39, 0.29) is 163 Å². The van der Waals surface area contributed by atoms with E-state index < -0.39 is 117 Å². The van der Waals surface area contributed by atoms with Gasteiger partial charge in [-0.05, 0) is 96.5 Å². The molecule has 6 rings (SSSR count). The fourth-order valence-corrected chi connectivity index (χ4v) is 9.00. The Kier molecular flexibility index (Phi) is 24.8. The van der Waals surface area contributed by atoms with Gasteiger partial charge in [0.2, 0.25) is 27.6 Å². The Morgan fingerprint density at radius 1 is 0.581 bits per heavy atom. The third-order valence-corrected chi connectivity index (χ3v) is 13.7. The van der Waals surface area contributed by atoms with E-state index in [1.165, 1.54) is 48.5 Å². The minimum atomic E-state index is -5.43. The molecule has 6 aromatic rings. The quantitative estimate of drug-likeness (QED) is 0.0175. The topological polar surface area (TPSA) is 465 Å². The van der Waals surface area contributed by atoms with Crippen LogP contribution < -0.4 is 146 Å². The number of nitrogen functional groups attached to an aromatic ring is 2. The van der Waals surface area contributed by atoms with Gasteiger partial charge in [0.05, 0.1) is 49.0 Å². The maximum Gasteiger partial charge on any atom is 1.00 e. The maximum absolute atomic E-state index is 13.1. The second-order valence-electron chi connectivity index (χ2n) is 13.6. The van der Waals surface area contributed by atoms with Crippen LogP contribution in [0.1, 0.15) is 10.4 Å². The normalized spacial score (nSPS) is 11.9. The van der Waals surface area contributed by atoms with Crippen LogP contribution in [0.15, 0.2) is 137 Å². The largest absolute Gasteiger partial charge is 1.00 e. The number of sulfone groups is 1. The Bertz CT molecular complexity index is 3720. The number of nitrogens with one attached hydrogen (secondary N) is 3. The standard InChI is InChI=1S/C36H31ClN12O16S5.4Na/c37-34-43-35(41-21-4-2-6-25(16-21)67(53,54)55)45-36(44-34)42-22-9-12-28(68(56,57)58)26(17-22)47-48-27-18-29(69(59,60)61)31(39)32(30(27)38)49-46-23-5-1-3-19(15-23)33(50)40-20-7-10-24(11-8-20)66(51,52)14-13-65-70(62,63)64;;;;/h1-12,15-18H,13-14,38-39H2,(H,40,50)(H,53,54,55)(H,56,57,58)(H,59,60,61)(H,62,63,64)(H2,41,42,43,44,45);;;;/q;4*+1/p-4. The minimum absolute atomic E-state index is 0. The summed E-state index contributed by atoms with van der Waals surface area (Å²) in [6, 6.07) is 18.0. The first kappa shape index (κ1) is 66.9. The number of aromatic nitrogens is 3. The predicted octanol–water partition coefficient (Wildman–Crippen LogP) is -7.76. The molecule has 0 radical (unpaired) electrons. The SMILES string of the molecule is Nc1c(N=Nc2cc(Nc3nc(Cl)nc(Nc4cccc(S(=O)(=O)[O-])c4)n3)ccc2S(=O)(=O)[O-])cc(S(=O)(=O)[O-])c(N)c1N=Nc1cccc(C(=O)Nc2ccc(S(=O)(=O)CCOS(=O)(=O)[O-])cc2)c1.[Na+].[Na+].[Na+].[Na+]. The number of nitrogens with two attached hydrogens (primary N) is 2. The number of hydrogen-bond acceptors (Lipinski definition) is 27. The zero-order chi connectivity index (χ0) is 51.4. The number of amides is 1. The van der Waals surface area contributed by atoms with Gasteiger partial charge >= 0.3 is 118 Å². The van der Waals surface area contributed by atoms with E-state index in [0.29, 0.717) is 6.07 Å². The molecule has 0 aliphatic carbocycles. The van der Waals surface area contributed by atoms with Crippen LogP contribution in [0.25, 0.3) is 0 Å². The average molecular weight is 1170 g/mol. The molecular formula is C36H27ClN12Na4O16S5. The van der Waals surface area contributed by atoms with Gasteiger partial charge < -0.3 is 45.6 Å². The molecule has 368 valence electrons. The summed E-state index contributed by atoms with van der Waals surface area (Å²) in [6.07, 6.45) is 0. The Morgan fingerprint density at radius 2 is 1.15 bits per heavy atom. The molecule has 5 aromatic carbocycles. The van der Waals surface area contributed by atoms with Crippen LogP contribution in [-0.4, -0.2) is 93.5 Å². The minimum Gasteiger partial charge on any atom is -0.744 e. The van der Waals surface area contributed by atoms with Crippen molar-refractivity contribution in [3.05, 3.63) is 108 Å². The Morgan fingerprint density at radius 3 is 1.73 bits per heavy atom. The first-order valence-corrected chi connectivity index (χ1v) is 26.1. The summed E-state index contributed by atoms with van der Waals surface area (Å²) < 4.78 is 169. The number of carbonyl (C=O) groups excluding carboxylic acids is 1. The summed E-state index contributed by atoms with van der Waals surface area (Å²) in [4.78, 5) is 22.0. The van der Waals surface area contributed by atoms with Gasteiger partial charge in [-0.1, -0.05) is 12.1 Å². The van der Waals surface area contributed by atoms with Gasteiger partial charge in [0.1, 0.15) is 47.4 Å². The summed E-state index contributed by atoms with van der Waals surface area (Å²) in [5.41, 5.74) is 8.84. The van der Waals surface area contributed by atoms with Crippen molar-refractivity contribution in [2.45, 2.75) is 19.6 Å². The van der Waals surface area contributed by atoms with Crippen molar-refractivity contribution in [2.24, 2.45) is 20.5 Å². The molecule has 0 saturated heterocycles. The molecule has 28 nitrogen and oxygen atoms in total. The van der Waals surface area contributed by atoms with E-state index in [0.717, 1.165) is 42.5 Å². The molecular weight excluding hydrogens is 1140 g/mol. The van der Waals surface area contributed by atoms with Crippen molar-refractivity contribution in [3.8, 4) is 0 Å². The van der Waals surface area contributed by atoms with Crippen LogP contribution in [0.3, 0.4) is 0 Å². The zero-order valence-electron chi connectivity index (χ0n) is 38.4. The molecule has 74 heavy (non-hydrogen) atoms. The smallest absolute Gasteiger partial charge is 0.744 e. The zero-order valence-corrected chi connectivity index (χ0v) is 51.2. The van der Waals surface area contributed by atoms with Gasteiger partial charge in [-0.25, -0.2) is 42.1 Å². The summed E-state index contributed by atoms with van der Waals surface area (Å²) >= 11 is 6.05. The van der Waals surface area contributed by atoms with Gasteiger partial charge in [-0.3, -0.25) is 8.98 Å². The Hall–Kier alpha value is -3.18. The van der Waals surface area contributed by atoms with Crippen LogP contribution in [0, 0.1) is 0 Å². The van der Waals surface area contributed by atoms with Gasteiger partial charge in [0.25, 0.3) is 5.91 Å². The molecule has 0 aliphatic rings. The summed E-state index contributed by atoms with van der Waals surface area (Å²) in [5.74, 6) is -2.16. The molecule has 0 atom stereocenters. The molecule has 0 unspecified atom stereocenters. The molecule has 0 spiro atoms. The number of rotatable bonds is 18. The molecule has 1 aromatic heterocycles. The molecule has 1 amide bonds. The maximum atomic E-state index is 13.1. The number of halogens is 1. The molecule has 38 heteroatoms. The third kappa shape index (κ3) is 18.8. The fourth-order valence-electron chi connectivity index (χ4n) is 5.63. The number of carbonyl (C=O) groups is 1. The first-order valence-electron chi connectivity index (χ1n) is 18.5. The van der Waals surface area contributed by atoms with Gasteiger partial charge in [0, 0.05) is 22.6 Å². The monoisotopic (exact) mass is 1170 g/mol. The van der Waals surface area contributed by atoms with Crippen molar-refractivity contribution in [3.63, 3.8) is 0 Å². The number of nitrogens with zero attached hydrogens (tertiary/aromatic N) is 7. The van der Waals surface area contributed by atoms with E-state index in [4.69, 9.17) is 23.1 Å². The summed E-state index contributed by atoms with van der Waals surface area (Å²) in [7, 11) is -24.8. The van der Waals surface area contributed by atoms with Gasteiger partial charge in [0.15, 0.2) is 9.84 Å². The first-order chi connectivity index (χ1) is 32.6. The van der Waals surface area contributed by atoms with Crippen LogP contribution in [-0.2, 0) is 54.8 Å². The van der Waals surface area contributed by atoms with E-state index in [9.17, 15) is 65.1 Å². The summed E-state index contributed by atoms with van der Waals surface area (Å²) in [6.45, 7) is -0.919. The molecule has 0 bridgehead atoms.